The van der Waals surface area contributed by atoms with Crippen LogP contribution in [0.15, 0.2) is 47.6 Å². The number of benzene rings is 1. The van der Waals surface area contributed by atoms with Gasteiger partial charge in [-0.25, -0.2) is 4.98 Å². The van der Waals surface area contributed by atoms with Crippen molar-refractivity contribution in [1.82, 2.24) is 20.5 Å². The fourth-order valence-electron chi connectivity index (χ4n) is 3.65. The van der Waals surface area contributed by atoms with Crippen LogP contribution in [0.1, 0.15) is 25.0 Å². The quantitative estimate of drug-likeness (QED) is 0.298. The Labute approximate surface area is 209 Å². The molecular weight excluding hydrogens is 515 g/mol. The number of guanidine groups is 1. The Morgan fingerprint density at radius 2 is 1.94 bits per heavy atom. The first-order valence-electron chi connectivity index (χ1n) is 11.2. The van der Waals surface area contributed by atoms with E-state index in [0.29, 0.717) is 13.1 Å². The predicted octanol–water partition coefficient (Wildman–Crippen LogP) is 3.28. The first-order valence-corrected chi connectivity index (χ1v) is 11.2. The summed E-state index contributed by atoms with van der Waals surface area (Å²) in [5, 5.41) is 6.74. The van der Waals surface area contributed by atoms with Crippen LogP contribution in [0.25, 0.3) is 0 Å². The third-order valence-corrected chi connectivity index (χ3v) is 5.52. The molecular formula is C24H37IN6O. The Bertz CT molecular complexity index is 854. The number of hydrogen-bond donors (Lipinski definition) is 2. The molecule has 2 aromatic rings. The van der Waals surface area contributed by atoms with Crippen molar-refractivity contribution in [2.24, 2.45) is 4.99 Å². The van der Waals surface area contributed by atoms with Crippen LogP contribution in [-0.4, -0.2) is 68.3 Å². The number of piperazine rings is 1. The molecule has 7 nitrogen and oxygen atoms in total. The molecule has 32 heavy (non-hydrogen) atoms. The summed E-state index contributed by atoms with van der Waals surface area (Å²) in [5.74, 6) is 2.70. The summed E-state index contributed by atoms with van der Waals surface area (Å²) in [5.41, 5.74) is 2.38. The average molecular weight is 553 g/mol. The highest BCUT2D eigenvalue weighted by Gasteiger charge is 2.17. The zero-order chi connectivity index (χ0) is 22.1. The highest BCUT2D eigenvalue weighted by Crippen LogP contribution is 2.15. The Balaban J connectivity index is 0.00000363. The van der Waals surface area contributed by atoms with Crippen molar-refractivity contribution in [2.75, 3.05) is 51.2 Å². The molecule has 0 spiro atoms. The van der Waals surface area contributed by atoms with Crippen molar-refractivity contribution in [3.05, 3.63) is 53.7 Å². The summed E-state index contributed by atoms with van der Waals surface area (Å²) in [4.78, 5) is 13.8. The molecule has 1 aromatic carbocycles. The minimum absolute atomic E-state index is 0. The Kier molecular flexibility index (Phi) is 11.0. The van der Waals surface area contributed by atoms with Gasteiger partial charge in [-0.3, -0.25) is 4.99 Å². The first-order chi connectivity index (χ1) is 15.1. The number of pyridine rings is 1. The summed E-state index contributed by atoms with van der Waals surface area (Å²) in [6, 6.07) is 12.3. The molecule has 0 bridgehead atoms. The first kappa shape index (κ1) is 26.2. The van der Waals surface area contributed by atoms with Crippen molar-refractivity contribution in [1.29, 1.82) is 0 Å². The van der Waals surface area contributed by atoms with Gasteiger partial charge in [0, 0.05) is 46.0 Å². The van der Waals surface area contributed by atoms with E-state index in [4.69, 9.17) is 4.74 Å². The molecule has 1 aromatic heterocycles. The molecule has 1 atom stereocenters. The van der Waals surface area contributed by atoms with Crippen molar-refractivity contribution >= 4 is 35.8 Å². The van der Waals surface area contributed by atoms with Crippen LogP contribution in [0.4, 0.5) is 5.82 Å². The molecule has 0 saturated carbocycles. The maximum absolute atomic E-state index is 5.99. The molecule has 1 aliphatic rings. The van der Waals surface area contributed by atoms with E-state index in [1.54, 1.807) is 7.05 Å². The Morgan fingerprint density at radius 3 is 2.62 bits per heavy atom. The van der Waals surface area contributed by atoms with E-state index in [1.807, 2.05) is 24.4 Å². The molecule has 176 valence electrons. The van der Waals surface area contributed by atoms with E-state index in [-0.39, 0.29) is 30.1 Å². The summed E-state index contributed by atoms with van der Waals surface area (Å²) in [6.45, 7) is 13.1. The number of halogens is 1. The van der Waals surface area contributed by atoms with Crippen LogP contribution in [0.5, 0.6) is 5.75 Å². The Hall–Kier alpha value is -2.07. The van der Waals surface area contributed by atoms with Gasteiger partial charge in [0.1, 0.15) is 17.7 Å². The van der Waals surface area contributed by atoms with Crippen LogP contribution in [0.2, 0.25) is 0 Å². The van der Waals surface area contributed by atoms with Gasteiger partial charge in [0.05, 0.1) is 6.54 Å². The Morgan fingerprint density at radius 1 is 1.16 bits per heavy atom. The number of rotatable bonds is 8. The molecule has 2 heterocycles. The molecule has 1 unspecified atom stereocenters. The van der Waals surface area contributed by atoms with Crippen LogP contribution >= 0.6 is 24.0 Å². The molecule has 1 saturated heterocycles. The second-order valence-electron chi connectivity index (χ2n) is 8.00. The van der Waals surface area contributed by atoms with Gasteiger partial charge in [0.25, 0.3) is 0 Å². The van der Waals surface area contributed by atoms with E-state index in [1.165, 1.54) is 11.1 Å². The van der Waals surface area contributed by atoms with Crippen molar-refractivity contribution in [3.63, 3.8) is 0 Å². The van der Waals surface area contributed by atoms with Crippen molar-refractivity contribution in [3.8, 4) is 5.75 Å². The van der Waals surface area contributed by atoms with Crippen LogP contribution in [0, 0.1) is 6.92 Å². The van der Waals surface area contributed by atoms with Gasteiger partial charge in [-0.05, 0) is 55.8 Å². The summed E-state index contributed by atoms with van der Waals surface area (Å²) < 4.78 is 5.99. The zero-order valence-corrected chi connectivity index (χ0v) is 22.0. The second kappa shape index (κ2) is 13.5. The summed E-state index contributed by atoms with van der Waals surface area (Å²) >= 11 is 0. The zero-order valence-electron chi connectivity index (χ0n) is 19.7. The maximum atomic E-state index is 5.99. The summed E-state index contributed by atoms with van der Waals surface area (Å²) in [6.07, 6.45) is 1.92. The number of aliphatic imine (C=N–C) groups is 1. The number of likely N-dealkylation sites (N-methyl/N-ethyl adjacent to an activating group) is 1. The molecule has 0 radical (unpaired) electrons. The SMILES string of the molecule is CCN1CCN(c2cc(CNC(=NC)NCC(C)Oc3cccc(C)c3)ccn2)CC1.I. The van der Waals surface area contributed by atoms with Crippen LogP contribution in [-0.2, 0) is 6.54 Å². The third kappa shape index (κ3) is 8.12. The number of hydrogen-bond acceptors (Lipinski definition) is 5. The predicted molar refractivity (Wildman–Crippen MR) is 143 cm³/mol. The molecule has 0 amide bonds. The molecule has 8 heteroatoms. The van der Waals surface area contributed by atoms with E-state index in [2.05, 4.69) is 69.4 Å². The smallest absolute Gasteiger partial charge is 0.191 e. The molecule has 1 aliphatic heterocycles. The monoisotopic (exact) mass is 552 g/mol. The largest absolute Gasteiger partial charge is 0.489 e. The van der Waals surface area contributed by atoms with Gasteiger partial charge in [0.15, 0.2) is 5.96 Å². The number of aryl methyl sites for hydroxylation is 1. The third-order valence-electron chi connectivity index (χ3n) is 5.52. The minimum Gasteiger partial charge on any atom is -0.489 e. The van der Waals surface area contributed by atoms with Gasteiger partial charge in [-0.15, -0.1) is 24.0 Å². The lowest BCUT2D eigenvalue weighted by molar-refractivity contribution is 0.223. The van der Waals surface area contributed by atoms with Crippen molar-refractivity contribution < 1.29 is 4.74 Å². The highest BCUT2D eigenvalue weighted by molar-refractivity contribution is 14.0. The van der Waals surface area contributed by atoms with E-state index in [9.17, 15) is 0 Å². The normalized spacial score (nSPS) is 15.6. The number of aromatic nitrogens is 1. The highest BCUT2D eigenvalue weighted by atomic mass is 127. The standard InChI is InChI=1S/C24H36N6O.HI/c1-5-29-11-13-30(14-12-29)23-16-21(9-10-26-23)18-28-24(25-4)27-17-20(3)31-22-8-6-7-19(2)15-22;/h6-10,15-16,20H,5,11-14,17-18H2,1-4H3,(H2,25,27,28);1H. The minimum atomic E-state index is 0. The fraction of sp³-hybridized carbons (Fsp3) is 0.500. The molecule has 1 fully saturated rings. The number of nitrogens with one attached hydrogen (secondary N) is 2. The van der Waals surface area contributed by atoms with Crippen molar-refractivity contribution in [2.45, 2.75) is 33.4 Å². The van der Waals surface area contributed by atoms with Gasteiger partial charge >= 0.3 is 0 Å². The number of anilines is 1. The number of nitrogens with zero attached hydrogens (tertiary/aromatic N) is 4. The molecule has 3 rings (SSSR count). The fourth-order valence-corrected chi connectivity index (χ4v) is 3.65. The lowest BCUT2D eigenvalue weighted by Gasteiger charge is -2.34. The van der Waals surface area contributed by atoms with E-state index < -0.39 is 0 Å². The van der Waals surface area contributed by atoms with Gasteiger partial charge in [-0.1, -0.05) is 19.1 Å². The van der Waals surface area contributed by atoms with Gasteiger partial charge < -0.3 is 25.2 Å². The average Bonchev–Trinajstić information content (AvgIpc) is 2.79. The lowest BCUT2D eigenvalue weighted by atomic mass is 10.2. The van der Waals surface area contributed by atoms with Crippen LogP contribution in [0.3, 0.4) is 0 Å². The lowest BCUT2D eigenvalue weighted by Crippen LogP contribution is -2.46. The topological polar surface area (TPSA) is 65.0 Å². The van der Waals surface area contributed by atoms with E-state index in [0.717, 1.165) is 50.3 Å². The molecule has 0 aliphatic carbocycles. The van der Waals surface area contributed by atoms with Gasteiger partial charge in [-0.2, -0.15) is 0 Å². The second-order valence-corrected chi connectivity index (χ2v) is 8.00. The number of ether oxygens (including phenoxy) is 1. The van der Waals surface area contributed by atoms with E-state index >= 15 is 0 Å². The maximum Gasteiger partial charge on any atom is 0.191 e. The molecule has 2 N–H and O–H groups in total. The summed E-state index contributed by atoms with van der Waals surface area (Å²) in [7, 11) is 1.78. The van der Waals surface area contributed by atoms with Gasteiger partial charge in [0.2, 0.25) is 0 Å². The van der Waals surface area contributed by atoms with Crippen LogP contribution < -0.4 is 20.3 Å².